The van der Waals surface area contributed by atoms with Gasteiger partial charge in [-0.25, -0.2) is 0 Å². The van der Waals surface area contributed by atoms with Crippen molar-refractivity contribution in [3.05, 3.63) is 0 Å². The molecule has 2 nitrogen and oxygen atoms in total. The molecule has 170 valence electrons. The number of esters is 1. The minimum atomic E-state index is 0.0620. The van der Waals surface area contributed by atoms with Gasteiger partial charge in [0.15, 0.2) is 0 Å². The average Bonchev–Trinajstić information content (AvgIpc) is 3.58. The van der Waals surface area contributed by atoms with Gasteiger partial charge in [0.25, 0.3) is 0 Å². The second-order valence-electron chi connectivity index (χ2n) is 12.0. The van der Waals surface area contributed by atoms with E-state index in [9.17, 15) is 4.79 Å². The first kappa shape index (κ1) is 21.3. The quantitative estimate of drug-likeness (QED) is 0.208. The Labute approximate surface area is 185 Å². The summed E-state index contributed by atoms with van der Waals surface area (Å²) in [6, 6.07) is 0. The summed E-state index contributed by atoms with van der Waals surface area (Å²) in [5.41, 5.74) is 0. The van der Waals surface area contributed by atoms with Crippen LogP contribution in [0.2, 0.25) is 0 Å². The lowest BCUT2D eigenvalue weighted by atomic mass is 10.0. The molecule has 0 aromatic heterocycles. The lowest BCUT2D eigenvalue weighted by Crippen LogP contribution is -2.05. The highest BCUT2D eigenvalue weighted by molar-refractivity contribution is 5.75. The van der Waals surface area contributed by atoms with Crippen LogP contribution in [0.3, 0.4) is 0 Å². The summed E-state index contributed by atoms with van der Waals surface area (Å²) in [4.78, 5) is 11.7. The van der Waals surface area contributed by atoms with Gasteiger partial charge in [0, 0.05) is 0 Å². The Kier molecular flexibility index (Phi) is 6.50. The molecule has 5 saturated carbocycles. The molecular weight excluding hydrogens is 368 g/mol. The third-order valence-electron chi connectivity index (χ3n) is 9.87. The Bertz CT molecular complexity index is 599. The van der Waals surface area contributed by atoms with Gasteiger partial charge in [-0.15, -0.1) is 0 Å². The summed E-state index contributed by atoms with van der Waals surface area (Å²) in [7, 11) is 1.55. The smallest absolute Gasteiger partial charge is 0.308 e. The van der Waals surface area contributed by atoms with E-state index in [1.807, 2.05) is 0 Å². The van der Waals surface area contributed by atoms with E-state index in [2.05, 4.69) is 6.92 Å². The summed E-state index contributed by atoms with van der Waals surface area (Å²) in [5, 5.41) is 0. The van der Waals surface area contributed by atoms with E-state index in [0.717, 1.165) is 53.8 Å². The molecule has 0 radical (unpaired) electrons. The van der Waals surface area contributed by atoms with Crippen LogP contribution in [0.4, 0.5) is 0 Å². The SMILES string of the molecule is CCCCCCCCCCCC1CC1C1CC1C1CC1C1CC1C1CC1C(=O)OC. The Morgan fingerprint density at radius 3 is 1.70 bits per heavy atom. The van der Waals surface area contributed by atoms with Crippen LogP contribution in [0.5, 0.6) is 0 Å². The molecule has 0 spiro atoms. The van der Waals surface area contributed by atoms with E-state index >= 15 is 0 Å². The monoisotopic (exact) mass is 414 g/mol. The van der Waals surface area contributed by atoms with Crippen molar-refractivity contribution >= 4 is 5.97 Å². The first-order valence-corrected chi connectivity index (χ1v) is 13.8. The third-order valence-corrected chi connectivity index (χ3v) is 9.87. The minimum Gasteiger partial charge on any atom is -0.469 e. The molecule has 0 amide bonds. The number of hydrogen-bond donors (Lipinski definition) is 0. The lowest BCUT2D eigenvalue weighted by Gasteiger charge is -2.03. The molecule has 0 aromatic carbocycles. The highest BCUT2D eigenvalue weighted by Crippen LogP contribution is 2.72. The van der Waals surface area contributed by atoms with Crippen LogP contribution >= 0.6 is 0 Å². The van der Waals surface area contributed by atoms with Crippen molar-refractivity contribution in [3.8, 4) is 0 Å². The van der Waals surface area contributed by atoms with Gasteiger partial charge >= 0.3 is 5.97 Å². The summed E-state index contributed by atoms with van der Waals surface area (Å²) >= 11 is 0. The van der Waals surface area contributed by atoms with E-state index in [-0.39, 0.29) is 11.9 Å². The topological polar surface area (TPSA) is 26.3 Å². The summed E-state index contributed by atoms with van der Waals surface area (Å²) in [6.07, 6.45) is 22.0. The van der Waals surface area contributed by atoms with Gasteiger partial charge in [0.1, 0.15) is 0 Å². The van der Waals surface area contributed by atoms with Gasteiger partial charge in [-0.05, 0) is 85.4 Å². The molecule has 30 heavy (non-hydrogen) atoms. The van der Waals surface area contributed by atoms with Gasteiger partial charge in [-0.1, -0.05) is 71.1 Å². The summed E-state index contributed by atoms with van der Waals surface area (Å²) in [6.45, 7) is 2.30. The molecule has 0 aromatic rings. The number of hydrogen-bond acceptors (Lipinski definition) is 2. The molecular formula is C28H46O2. The van der Waals surface area contributed by atoms with E-state index in [4.69, 9.17) is 4.74 Å². The fraction of sp³-hybridized carbons (Fsp3) is 0.964. The van der Waals surface area contributed by atoms with Crippen molar-refractivity contribution < 1.29 is 9.53 Å². The molecule has 2 heteroatoms. The molecule has 0 heterocycles. The number of methoxy groups -OCH3 is 1. The molecule has 0 N–H and O–H groups in total. The molecule has 5 rings (SSSR count). The average molecular weight is 415 g/mol. The first-order valence-electron chi connectivity index (χ1n) is 13.8. The Hall–Kier alpha value is -0.530. The largest absolute Gasteiger partial charge is 0.469 e. The normalized spacial score (nSPS) is 45.1. The highest BCUT2D eigenvalue weighted by atomic mass is 16.5. The van der Waals surface area contributed by atoms with Crippen LogP contribution in [0.15, 0.2) is 0 Å². The predicted octanol–water partition coefficient (Wildman–Crippen LogP) is 7.26. The number of carbonyl (C=O) groups excluding carboxylic acids is 1. The van der Waals surface area contributed by atoms with Crippen LogP contribution < -0.4 is 0 Å². The summed E-state index contributed by atoms with van der Waals surface area (Å²) < 4.78 is 4.95. The van der Waals surface area contributed by atoms with Crippen molar-refractivity contribution in [1.29, 1.82) is 0 Å². The van der Waals surface area contributed by atoms with Crippen molar-refractivity contribution in [2.24, 2.45) is 59.2 Å². The molecule has 5 aliphatic carbocycles. The molecule has 0 aliphatic heterocycles. The van der Waals surface area contributed by atoms with Gasteiger partial charge in [0.2, 0.25) is 0 Å². The van der Waals surface area contributed by atoms with Crippen LogP contribution in [0.25, 0.3) is 0 Å². The van der Waals surface area contributed by atoms with Crippen LogP contribution in [-0.4, -0.2) is 13.1 Å². The summed E-state index contributed by atoms with van der Waals surface area (Å²) in [5.74, 6) is 9.55. The van der Waals surface area contributed by atoms with Gasteiger partial charge in [-0.3, -0.25) is 4.79 Å². The third kappa shape index (κ3) is 4.93. The second-order valence-corrected chi connectivity index (χ2v) is 12.0. The Balaban J connectivity index is 0.892. The van der Waals surface area contributed by atoms with Gasteiger partial charge in [-0.2, -0.15) is 0 Å². The highest BCUT2D eigenvalue weighted by Gasteiger charge is 2.66. The molecule has 5 fully saturated rings. The molecule has 0 saturated heterocycles. The fourth-order valence-electron chi connectivity index (χ4n) is 7.62. The van der Waals surface area contributed by atoms with Crippen molar-refractivity contribution in [3.63, 3.8) is 0 Å². The molecule has 10 atom stereocenters. The maximum atomic E-state index is 11.7. The van der Waals surface area contributed by atoms with Crippen molar-refractivity contribution in [1.82, 2.24) is 0 Å². The molecule has 5 aliphatic rings. The Morgan fingerprint density at radius 2 is 1.13 bits per heavy atom. The zero-order chi connectivity index (χ0) is 20.7. The zero-order valence-corrected chi connectivity index (χ0v) is 19.7. The van der Waals surface area contributed by atoms with E-state index in [0.29, 0.717) is 5.92 Å². The predicted molar refractivity (Wildman–Crippen MR) is 122 cm³/mol. The van der Waals surface area contributed by atoms with Crippen LogP contribution in [-0.2, 0) is 9.53 Å². The maximum absolute atomic E-state index is 11.7. The van der Waals surface area contributed by atoms with E-state index < -0.39 is 0 Å². The van der Waals surface area contributed by atoms with Crippen molar-refractivity contribution in [2.75, 3.05) is 7.11 Å². The number of rotatable bonds is 15. The maximum Gasteiger partial charge on any atom is 0.308 e. The zero-order valence-electron chi connectivity index (χ0n) is 19.7. The fourth-order valence-corrected chi connectivity index (χ4v) is 7.62. The van der Waals surface area contributed by atoms with Crippen molar-refractivity contribution in [2.45, 2.75) is 103 Å². The Morgan fingerprint density at radius 1 is 0.633 bits per heavy atom. The molecule has 10 unspecified atom stereocenters. The number of carbonyl (C=O) groups is 1. The second kappa shape index (κ2) is 9.14. The minimum absolute atomic E-state index is 0.0620. The van der Waals surface area contributed by atoms with Gasteiger partial charge in [0.05, 0.1) is 13.0 Å². The van der Waals surface area contributed by atoms with E-state index in [1.165, 1.54) is 70.6 Å². The number of ether oxygens (including phenoxy) is 1. The van der Waals surface area contributed by atoms with Crippen LogP contribution in [0.1, 0.15) is 103 Å². The molecule has 0 bridgehead atoms. The van der Waals surface area contributed by atoms with Crippen LogP contribution in [0, 0.1) is 59.2 Å². The lowest BCUT2D eigenvalue weighted by molar-refractivity contribution is -0.142. The standard InChI is InChI=1S/C28H46O2/c1-3-4-5-6-7-8-9-10-11-12-18-13-19(18)20-14-21(20)22-15-23(22)24-16-25(24)26-17-27(26)28(29)30-2/h18-27H,3-17H2,1-2H3. The van der Waals surface area contributed by atoms with Gasteiger partial charge < -0.3 is 4.74 Å². The number of unbranched alkanes of at least 4 members (excludes halogenated alkanes) is 8. The first-order chi connectivity index (χ1) is 14.7. The van der Waals surface area contributed by atoms with E-state index in [1.54, 1.807) is 26.4 Å².